The molecule has 0 unspecified atom stereocenters. The molecule has 0 spiro atoms. The van der Waals surface area contributed by atoms with Gasteiger partial charge in [0.25, 0.3) is 0 Å². The van der Waals surface area contributed by atoms with Gasteiger partial charge in [0.2, 0.25) is 5.91 Å². The monoisotopic (exact) mass is 450 g/mol. The summed E-state index contributed by atoms with van der Waals surface area (Å²) in [4.78, 5) is 50.5. The number of alkyl carbamates (subject to hydrolysis) is 1. The molecule has 2 aliphatic heterocycles. The summed E-state index contributed by atoms with van der Waals surface area (Å²) in [6, 6.07) is 7.97. The van der Waals surface area contributed by atoms with Crippen LogP contribution in [0.5, 0.6) is 0 Å². The molecule has 2 amide bonds. The number of carbonyl (C=O) groups excluding carboxylic acids is 3. The van der Waals surface area contributed by atoms with Crippen LogP contribution >= 0.6 is 11.8 Å². The van der Waals surface area contributed by atoms with Crippen molar-refractivity contribution in [2.24, 2.45) is 5.92 Å². The van der Waals surface area contributed by atoms with E-state index in [1.54, 1.807) is 38.1 Å². The molecule has 10 heteroatoms. The van der Waals surface area contributed by atoms with E-state index in [-0.39, 0.29) is 6.61 Å². The van der Waals surface area contributed by atoms with Gasteiger partial charge >= 0.3 is 12.1 Å². The maximum Gasteiger partial charge on any atom is 0.408 e. The van der Waals surface area contributed by atoms with E-state index in [9.17, 15) is 29.4 Å². The van der Waals surface area contributed by atoms with Crippen LogP contribution in [0, 0.1) is 5.92 Å². The van der Waals surface area contributed by atoms with Gasteiger partial charge < -0.3 is 25.2 Å². The van der Waals surface area contributed by atoms with Crippen molar-refractivity contribution in [2.45, 2.75) is 62.1 Å². The number of aliphatic carboxylic acids is 1. The number of benzene rings is 1. The van der Waals surface area contributed by atoms with Gasteiger partial charge in [-0.05, 0) is 33.3 Å². The number of rotatable bonds is 7. The number of hydrogen-bond donors (Lipinski definition) is 3. The minimum Gasteiger partial charge on any atom is -0.480 e. The summed E-state index contributed by atoms with van der Waals surface area (Å²) < 4.78 is 4.36. The predicted octanol–water partition coefficient (Wildman–Crippen LogP) is 1.38. The topological polar surface area (TPSA) is 133 Å². The van der Waals surface area contributed by atoms with E-state index in [1.165, 1.54) is 30.5 Å². The molecule has 0 aromatic heterocycles. The largest absolute Gasteiger partial charge is 0.480 e. The number of Topliss-reactive ketones (excluding diaryl/α,β-unsaturated/α-hetero) is 1. The van der Waals surface area contributed by atoms with Crippen molar-refractivity contribution in [1.82, 2.24) is 10.2 Å². The molecule has 2 heterocycles. The number of nitrogens with one attached hydrogen (secondary N) is 1. The van der Waals surface area contributed by atoms with Gasteiger partial charge in [-0.3, -0.25) is 9.59 Å². The molecule has 2 fully saturated rings. The molecule has 168 valence electrons. The SMILES string of the molecule is CC(C)(NC(=O)OCc1ccccc1)C(=O)[C@@H](O)[C@@H]1C(=O)N2[C@@H]1SC(C)(C)[C@@H]2C(=O)O. The Balaban J connectivity index is 1.63. The molecule has 0 saturated carbocycles. The fourth-order valence-corrected chi connectivity index (χ4v) is 5.66. The minimum atomic E-state index is -1.69. The van der Waals surface area contributed by atoms with Crippen molar-refractivity contribution in [1.29, 1.82) is 0 Å². The lowest BCUT2D eigenvalue weighted by Crippen LogP contribution is -2.68. The fraction of sp³-hybridized carbons (Fsp3) is 0.524. The van der Waals surface area contributed by atoms with Gasteiger partial charge in [-0.2, -0.15) is 0 Å². The van der Waals surface area contributed by atoms with Crippen LogP contribution in [-0.2, 0) is 25.7 Å². The third-order valence-corrected chi connectivity index (χ3v) is 7.16. The van der Waals surface area contributed by atoms with E-state index in [4.69, 9.17) is 4.74 Å². The van der Waals surface area contributed by atoms with Crippen LogP contribution in [0.3, 0.4) is 0 Å². The summed E-state index contributed by atoms with van der Waals surface area (Å²) in [6.45, 7) is 6.26. The molecule has 2 aliphatic rings. The summed E-state index contributed by atoms with van der Waals surface area (Å²) in [6.07, 6.45) is -2.52. The number of β-lactam (4-membered cyclic amide) rings is 1. The summed E-state index contributed by atoms with van der Waals surface area (Å²) in [5, 5.41) is 22.0. The molecule has 9 nitrogen and oxygen atoms in total. The van der Waals surface area contributed by atoms with Gasteiger partial charge in [0.1, 0.15) is 24.7 Å². The molecule has 3 rings (SSSR count). The Hall–Kier alpha value is -2.59. The zero-order valence-corrected chi connectivity index (χ0v) is 18.5. The summed E-state index contributed by atoms with van der Waals surface area (Å²) in [7, 11) is 0. The van der Waals surface area contributed by atoms with E-state index in [0.717, 1.165) is 5.56 Å². The zero-order valence-electron chi connectivity index (χ0n) is 17.7. The highest BCUT2D eigenvalue weighted by atomic mass is 32.2. The molecule has 4 atom stereocenters. The van der Waals surface area contributed by atoms with Gasteiger partial charge in [0.05, 0.1) is 10.9 Å². The van der Waals surface area contributed by atoms with Crippen molar-refractivity contribution in [3.63, 3.8) is 0 Å². The molecule has 2 saturated heterocycles. The number of thioether (sulfide) groups is 1. The van der Waals surface area contributed by atoms with Crippen LogP contribution in [0.4, 0.5) is 4.79 Å². The maximum absolute atomic E-state index is 12.9. The third kappa shape index (κ3) is 4.27. The van der Waals surface area contributed by atoms with Crippen LogP contribution in [0.2, 0.25) is 0 Å². The number of carbonyl (C=O) groups is 4. The lowest BCUT2D eigenvalue weighted by Gasteiger charge is -2.46. The molecule has 0 bridgehead atoms. The number of carboxylic acid groups (broad SMARTS) is 1. The number of ether oxygens (including phenoxy) is 1. The molecule has 1 aromatic rings. The van der Waals surface area contributed by atoms with Crippen molar-refractivity contribution in [3.05, 3.63) is 35.9 Å². The van der Waals surface area contributed by atoms with Crippen LogP contribution < -0.4 is 5.32 Å². The first-order valence-corrected chi connectivity index (χ1v) is 10.7. The number of fused-ring (bicyclic) bond motifs is 1. The van der Waals surface area contributed by atoms with Crippen molar-refractivity contribution in [2.75, 3.05) is 0 Å². The number of aliphatic hydroxyl groups excluding tert-OH is 1. The first kappa shape index (κ1) is 23.1. The van der Waals surface area contributed by atoms with E-state index in [1.807, 2.05) is 6.07 Å². The van der Waals surface area contributed by atoms with Crippen molar-refractivity contribution in [3.8, 4) is 0 Å². The minimum absolute atomic E-state index is 0.0138. The van der Waals surface area contributed by atoms with Gasteiger partial charge in [-0.15, -0.1) is 11.8 Å². The number of aliphatic hydroxyl groups is 1. The smallest absolute Gasteiger partial charge is 0.408 e. The summed E-state index contributed by atoms with van der Waals surface area (Å²) in [5.74, 6) is -3.53. The van der Waals surface area contributed by atoms with Crippen LogP contribution in [0.25, 0.3) is 0 Å². The van der Waals surface area contributed by atoms with Crippen molar-refractivity contribution >= 4 is 35.5 Å². The Labute approximate surface area is 184 Å². The molecule has 31 heavy (non-hydrogen) atoms. The lowest BCUT2D eigenvalue weighted by atomic mass is 9.82. The number of ketones is 1. The highest BCUT2D eigenvalue weighted by Crippen LogP contribution is 2.54. The van der Waals surface area contributed by atoms with Gasteiger partial charge in [-0.1, -0.05) is 30.3 Å². The molecule has 1 aromatic carbocycles. The van der Waals surface area contributed by atoms with Gasteiger partial charge in [-0.25, -0.2) is 9.59 Å². The summed E-state index contributed by atoms with van der Waals surface area (Å²) in [5.41, 5.74) is -0.727. The molecule has 0 radical (unpaired) electrons. The molecule has 0 aliphatic carbocycles. The molecule has 3 N–H and O–H groups in total. The van der Waals surface area contributed by atoms with E-state index in [0.29, 0.717) is 0 Å². The lowest BCUT2D eigenvalue weighted by molar-refractivity contribution is -0.171. The van der Waals surface area contributed by atoms with Crippen LogP contribution in [-0.4, -0.2) is 66.7 Å². The molecular weight excluding hydrogens is 424 g/mol. The Morgan fingerprint density at radius 3 is 2.45 bits per heavy atom. The highest BCUT2D eigenvalue weighted by Gasteiger charge is 2.66. The first-order valence-electron chi connectivity index (χ1n) is 9.81. The average molecular weight is 451 g/mol. The molecular formula is C21H26N2O7S. The standard InChI is InChI=1S/C21H26N2O7S/c1-20(2,22-19(29)30-10-11-8-6-5-7-9-11)15(25)13(24)12-16(26)23-14(18(27)28)21(3,4)31-17(12)23/h5-9,12-14,17,24H,10H2,1-4H3,(H,22,29)(H,27,28)/t12-,13+,14+,17-/m1/s1. The Morgan fingerprint density at radius 1 is 1.26 bits per heavy atom. The van der Waals surface area contributed by atoms with Gasteiger partial charge in [0, 0.05) is 4.75 Å². The predicted molar refractivity (Wildman–Crippen MR) is 112 cm³/mol. The quantitative estimate of drug-likeness (QED) is 0.531. The second-order valence-electron chi connectivity index (χ2n) is 8.74. The third-order valence-electron chi connectivity index (χ3n) is 5.57. The van der Waals surface area contributed by atoms with E-state index < -0.39 is 57.5 Å². The van der Waals surface area contributed by atoms with E-state index in [2.05, 4.69) is 5.32 Å². The van der Waals surface area contributed by atoms with Crippen molar-refractivity contribution < 1.29 is 34.1 Å². The Bertz CT molecular complexity index is 902. The fourth-order valence-electron chi connectivity index (χ4n) is 3.94. The van der Waals surface area contributed by atoms with Crippen LogP contribution in [0.1, 0.15) is 33.3 Å². The Kier molecular flexibility index (Phi) is 6.07. The second kappa shape index (κ2) is 8.16. The number of amides is 2. The number of hydrogen-bond acceptors (Lipinski definition) is 7. The average Bonchev–Trinajstić information content (AvgIpc) is 2.93. The zero-order chi connectivity index (χ0) is 23.1. The number of nitrogens with zero attached hydrogens (tertiary/aromatic N) is 1. The highest BCUT2D eigenvalue weighted by molar-refractivity contribution is 8.01. The normalized spacial score (nSPS) is 25.3. The van der Waals surface area contributed by atoms with E-state index >= 15 is 0 Å². The maximum atomic E-state index is 12.9. The second-order valence-corrected chi connectivity index (χ2v) is 10.5. The summed E-state index contributed by atoms with van der Waals surface area (Å²) >= 11 is 1.24. The van der Waals surface area contributed by atoms with Crippen LogP contribution in [0.15, 0.2) is 30.3 Å². The van der Waals surface area contributed by atoms with Gasteiger partial charge in [0.15, 0.2) is 5.78 Å². The Morgan fingerprint density at radius 2 is 1.87 bits per heavy atom. The first-order chi connectivity index (χ1) is 14.4. The number of carboxylic acids is 1.